The van der Waals surface area contributed by atoms with Crippen LogP contribution >= 0.6 is 11.8 Å². The number of anilines is 2. The molecule has 0 aliphatic carbocycles. The molecule has 2 aliphatic rings. The van der Waals surface area contributed by atoms with Gasteiger partial charge in [0.1, 0.15) is 0 Å². The highest BCUT2D eigenvalue weighted by Gasteiger charge is 2.49. The molecule has 170 valence electrons. The van der Waals surface area contributed by atoms with Crippen molar-refractivity contribution < 1.29 is 13.2 Å². The summed E-state index contributed by atoms with van der Waals surface area (Å²) in [5, 5.41) is 0.500. The summed E-state index contributed by atoms with van der Waals surface area (Å²) in [6.07, 6.45) is 0.228. The lowest BCUT2D eigenvalue weighted by Gasteiger charge is -2.28. The van der Waals surface area contributed by atoms with Crippen molar-refractivity contribution in [1.29, 1.82) is 0 Å². The van der Waals surface area contributed by atoms with E-state index in [0.29, 0.717) is 5.17 Å². The van der Waals surface area contributed by atoms with Crippen LogP contribution in [-0.2, 0) is 21.1 Å². The average Bonchev–Trinajstić information content (AvgIpc) is 3.21. The average molecular weight is 472 g/mol. The van der Waals surface area contributed by atoms with Gasteiger partial charge in [-0.1, -0.05) is 42.1 Å². The Hall–Kier alpha value is -2.32. The topological polar surface area (TPSA) is 70.0 Å². The van der Waals surface area contributed by atoms with Crippen molar-refractivity contribution in [3.05, 3.63) is 59.7 Å². The van der Waals surface area contributed by atoms with E-state index in [0.717, 1.165) is 35.6 Å². The van der Waals surface area contributed by atoms with Crippen molar-refractivity contribution in [2.24, 2.45) is 4.99 Å². The van der Waals surface area contributed by atoms with E-state index < -0.39 is 9.84 Å². The predicted octanol–water partition coefficient (Wildman–Crippen LogP) is 3.69. The van der Waals surface area contributed by atoms with E-state index in [4.69, 9.17) is 0 Å². The summed E-state index contributed by atoms with van der Waals surface area (Å²) in [5.74, 6) is -0.00120. The summed E-state index contributed by atoms with van der Waals surface area (Å²) in [5.41, 5.74) is 4.02. The molecule has 2 atom stereocenters. The number of rotatable bonds is 6. The molecule has 0 N–H and O–H groups in total. The Balaban J connectivity index is 1.68. The standard InChI is InChI=1S/C24H29N3O3S2/c1-4-26(5-2)19-11-12-20(17(3)13-19)27-21-15-32(29,30)16-22(21)31-24(27)25-23(28)14-18-9-7-6-8-10-18/h6-13,21-22H,4-5,14-16H2,1-3H3. The number of benzene rings is 2. The minimum absolute atomic E-state index is 0.0911. The zero-order chi connectivity index (χ0) is 22.9. The molecule has 0 radical (unpaired) electrons. The van der Waals surface area contributed by atoms with Crippen molar-refractivity contribution in [2.75, 3.05) is 34.4 Å². The molecular weight excluding hydrogens is 442 g/mol. The SMILES string of the molecule is CCN(CC)c1ccc(N2C(=NC(=O)Cc3ccccc3)SC3CS(=O)(=O)CC32)c(C)c1. The van der Waals surface area contributed by atoms with E-state index in [1.807, 2.05) is 48.2 Å². The smallest absolute Gasteiger partial charge is 0.252 e. The Morgan fingerprint density at radius 2 is 1.84 bits per heavy atom. The molecule has 2 aromatic rings. The molecule has 0 saturated carbocycles. The highest BCUT2D eigenvalue weighted by atomic mass is 32.2. The molecule has 2 aliphatic heterocycles. The first-order valence-corrected chi connectivity index (χ1v) is 13.7. The van der Waals surface area contributed by atoms with Gasteiger partial charge in [-0.3, -0.25) is 4.79 Å². The summed E-state index contributed by atoms with van der Waals surface area (Å²) >= 11 is 1.42. The number of aryl methyl sites for hydroxylation is 1. The van der Waals surface area contributed by atoms with Gasteiger partial charge in [0.05, 0.1) is 24.0 Å². The summed E-state index contributed by atoms with van der Waals surface area (Å²) in [7, 11) is -3.10. The van der Waals surface area contributed by atoms with Gasteiger partial charge in [-0.25, -0.2) is 8.42 Å². The molecule has 6 nitrogen and oxygen atoms in total. The molecule has 0 spiro atoms. The second-order valence-electron chi connectivity index (χ2n) is 8.26. The van der Waals surface area contributed by atoms with Gasteiger partial charge in [0.2, 0.25) is 0 Å². The number of hydrogen-bond acceptors (Lipinski definition) is 5. The fourth-order valence-electron chi connectivity index (χ4n) is 4.46. The van der Waals surface area contributed by atoms with E-state index in [9.17, 15) is 13.2 Å². The quantitative estimate of drug-likeness (QED) is 0.640. The minimum atomic E-state index is -3.10. The molecule has 4 rings (SSSR count). The maximum absolute atomic E-state index is 12.7. The third kappa shape index (κ3) is 4.71. The van der Waals surface area contributed by atoms with Gasteiger partial charge in [0.25, 0.3) is 5.91 Å². The molecular formula is C24H29N3O3S2. The van der Waals surface area contributed by atoms with Crippen LogP contribution in [0.1, 0.15) is 25.0 Å². The first-order chi connectivity index (χ1) is 15.3. The van der Waals surface area contributed by atoms with Crippen LogP contribution in [0.2, 0.25) is 0 Å². The zero-order valence-corrected chi connectivity index (χ0v) is 20.3. The van der Waals surface area contributed by atoms with Gasteiger partial charge in [-0.2, -0.15) is 4.99 Å². The number of aliphatic imine (C=N–C) groups is 1. The van der Waals surface area contributed by atoms with Crippen molar-refractivity contribution in [2.45, 2.75) is 38.5 Å². The van der Waals surface area contributed by atoms with Gasteiger partial charge in [0, 0.05) is 29.7 Å². The van der Waals surface area contributed by atoms with Gasteiger partial charge in [-0.15, -0.1) is 0 Å². The Bertz CT molecular complexity index is 1130. The number of hydrogen-bond donors (Lipinski definition) is 0. The summed E-state index contributed by atoms with van der Waals surface area (Å²) < 4.78 is 24.7. The highest BCUT2D eigenvalue weighted by Crippen LogP contribution is 2.42. The Labute approximate surface area is 194 Å². The summed E-state index contributed by atoms with van der Waals surface area (Å²) in [4.78, 5) is 21.5. The fourth-order valence-corrected chi connectivity index (χ4v) is 8.38. The number of fused-ring (bicyclic) bond motifs is 1. The third-order valence-electron chi connectivity index (χ3n) is 6.05. The lowest BCUT2D eigenvalue weighted by Crippen LogP contribution is -2.38. The zero-order valence-electron chi connectivity index (χ0n) is 18.7. The molecule has 0 bridgehead atoms. The van der Waals surface area contributed by atoms with Crippen LogP contribution in [-0.4, -0.2) is 55.4 Å². The number of carbonyl (C=O) groups excluding carboxylic acids is 1. The molecule has 2 aromatic carbocycles. The second kappa shape index (κ2) is 9.27. The third-order valence-corrected chi connectivity index (χ3v) is 9.26. The van der Waals surface area contributed by atoms with Gasteiger partial charge < -0.3 is 9.80 Å². The van der Waals surface area contributed by atoms with Crippen molar-refractivity contribution in [1.82, 2.24) is 0 Å². The lowest BCUT2D eigenvalue weighted by atomic mass is 10.1. The van der Waals surface area contributed by atoms with E-state index in [-0.39, 0.29) is 35.1 Å². The predicted molar refractivity (Wildman–Crippen MR) is 134 cm³/mol. The highest BCUT2D eigenvalue weighted by molar-refractivity contribution is 8.16. The number of carbonyl (C=O) groups is 1. The minimum Gasteiger partial charge on any atom is -0.372 e. The number of thioether (sulfide) groups is 1. The maximum atomic E-state index is 12.7. The number of sulfone groups is 1. The van der Waals surface area contributed by atoms with Crippen LogP contribution in [0.4, 0.5) is 11.4 Å². The molecule has 32 heavy (non-hydrogen) atoms. The first kappa shape index (κ1) is 22.9. The van der Waals surface area contributed by atoms with Crippen LogP contribution in [0, 0.1) is 6.92 Å². The fraction of sp³-hybridized carbons (Fsp3) is 0.417. The maximum Gasteiger partial charge on any atom is 0.252 e. The summed E-state index contributed by atoms with van der Waals surface area (Å²) in [6.45, 7) is 8.12. The molecule has 1 amide bonds. The van der Waals surface area contributed by atoms with Gasteiger partial charge in [-0.05, 0) is 50.1 Å². The van der Waals surface area contributed by atoms with Gasteiger partial charge in [0.15, 0.2) is 15.0 Å². The second-order valence-corrected chi connectivity index (χ2v) is 11.6. The summed E-state index contributed by atoms with van der Waals surface area (Å²) in [6, 6.07) is 15.6. The first-order valence-electron chi connectivity index (χ1n) is 11.0. The largest absolute Gasteiger partial charge is 0.372 e. The molecule has 8 heteroatoms. The van der Waals surface area contributed by atoms with E-state index in [1.165, 1.54) is 11.8 Å². The van der Waals surface area contributed by atoms with Crippen molar-refractivity contribution in [3.8, 4) is 0 Å². The molecule has 0 aromatic heterocycles. The Morgan fingerprint density at radius 1 is 1.12 bits per heavy atom. The number of amides is 1. The monoisotopic (exact) mass is 471 g/mol. The van der Waals surface area contributed by atoms with E-state index in [1.54, 1.807) is 0 Å². The van der Waals surface area contributed by atoms with Crippen LogP contribution in [0.3, 0.4) is 0 Å². The number of amidine groups is 1. The lowest BCUT2D eigenvalue weighted by molar-refractivity contribution is -0.117. The van der Waals surface area contributed by atoms with E-state index >= 15 is 0 Å². The van der Waals surface area contributed by atoms with Crippen LogP contribution < -0.4 is 9.80 Å². The Morgan fingerprint density at radius 3 is 2.50 bits per heavy atom. The van der Waals surface area contributed by atoms with E-state index in [2.05, 4.69) is 35.9 Å². The molecule has 2 fully saturated rings. The molecule has 2 heterocycles. The van der Waals surface area contributed by atoms with Crippen LogP contribution in [0.15, 0.2) is 53.5 Å². The Kier molecular flexibility index (Phi) is 6.62. The normalized spacial score (nSPS) is 22.8. The van der Waals surface area contributed by atoms with Crippen molar-refractivity contribution >= 4 is 44.0 Å². The van der Waals surface area contributed by atoms with Crippen LogP contribution in [0.25, 0.3) is 0 Å². The van der Waals surface area contributed by atoms with Gasteiger partial charge >= 0.3 is 0 Å². The molecule has 2 saturated heterocycles. The van der Waals surface area contributed by atoms with Crippen molar-refractivity contribution in [3.63, 3.8) is 0 Å². The van der Waals surface area contributed by atoms with Crippen LogP contribution in [0.5, 0.6) is 0 Å². The molecule has 2 unspecified atom stereocenters. The number of nitrogens with zero attached hydrogens (tertiary/aromatic N) is 3.